The molecule has 112 valence electrons. The van der Waals surface area contributed by atoms with Gasteiger partial charge < -0.3 is 15.1 Å². The molecular formula is C16H33N3. The number of nitrogens with one attached hydrogen (secondary N) is 1. The quantitative estimate of drug-likeness (QED) is 0.822. The van der Waals surface area contributed by atoms with Crippen LogP contribution in [0.4, 0.5) is 0 Å². The van der Waals surface area contributed by atoms with Crippen LogP contribution in [0.15, 0.2) is 0 Å². The van der Waals surface area contributed by atoms with Gasteiger partial charge in [-0.2, -0.15) is 0 Å². The number of hydrogen-bond acceptors (Lipinski definition) is 3. The molecule has 0 saturated carbocycles. The molecule has 0 radical (unpaired) electrons. The fourth-order valence-corrected chi connectivity index (χ4v) is 3.65. The summed E-state index contributed by atoms with van der Waals surface area (Å²) in [6, 6.07) is 0.689. The lowest BCUT2D eigenvalue weighted by molar-refractivity contribution is 0.174. The normalized spacial score (nSPS) is 29.5. The minimum Gasteiger partial charge on any atom is -0.314 e. The zero-order valence-electron chi connectivity index (χ0n) is 13.2. The summed E-state index contributed by atoms with van der Waals surface area (Å²) >= 11 is 0. The van der Waals surface area contributed by atoms with Crippen LogP contribution in [0, 0.1) is 11.8 Å². The van der Waals surface area contributed by atoms with Crippen LogP contribution >= 0.6 is 0 Å². The molecule has 1 N–H and O–H groups in total. The number of likely N-dealkylation sites (tertiary alicyclic amines) is 2. The first-order valence-corrected chi connectivity index (χ1v) is 8.25. The maximum absolute atomic E-state index is 3.79. The fraction of sp³-hybridized carbons (Fsp3) is 1.00. The highest BCUT2D eigenvalue weighted by Gasteiger charge is 2.23. The molecule has 0 aliphatic carbocycles. The number of nitrogens with zero attached hydrogens (tertiary/aromatic N) is 2. The highest BCUT2D eigenvalue weighted by atomic mass is 15.1. The van der Waals surface area contributed by atoms with E-state index >= 15 is 0 Å². The first-order valence-electron chi connectivity index (χ1n) is 8.25. The molecule has 2 aliphatic heterocycles. The summed E-state index contributed by atoms with van der Waals surface area (Å²) in [7, 11) is 4.51. The van der Waals surface area contributed by atoms with Gasteiger partial charge in [0.25, 0.3) is 0 Å². The summed E-state index contributed by atoms with van der Waals surface area (Å²) in [6.07, 6.45) is 6.97. The average Bonchev–Trinajstić information content (AvgIpc) is 2.41. The van der Waals surface area contributed by atoms with E-state index in [2.05, 4.69) is 36.1 Å². The van der Waals surface area contributed by atoms with Gasteiger partial charge in [-0.3, -0.25) is 0 Å². The highest BCUT2D eigenvalue weighted by Crippen LogP contribution is 2.20. The van der Waals surface area contributed by atoms with Crippen molar-refractivity contribution >= 4 is 0 Å². The van der Waals surface area contributed by atoms with Crippen molar-refractivity contribution in [1.29, 1.82) is 0 Å². The fourth-order valence-electron chi connectivity index (χ4n) is 3.65. The Morgan fingerprint density at radius 3 is 2.47 bits per heavy atom. The molecule has 2 unspecified atom stereocenters. The van der Waals surface area contributed by atoms with E-state index in [9.17, 15) is 0 Å². The summed E-state index contributed by atoms with van der Waals surface area (Å²) in [5, 5.41) is 3.79. The van der Waals surface area contributed by atoms with E-state index < -0.39 is 0 Å². The molecule has 0 aromatic carbocycles. The number of piperidine rings is 2. The number of rotatable bonds is 5. The van der Waals surface area contributed by atoms with Gasteiger partial charge in [-0.15, -0.1) is 0 Å². The molecule has 3 heteroatoms. The topological polar surface area (TPSA) is 18.5 Å². The van der Waals surface area contributed by atoms with Gasteiger partial charge in [0.05, 0.1) is 0 Å². The van der Waals surface area contributed by atoms with Crippen molar-refractivity contribution in [2.24, 2.45) is 11.8 Å². The van der Waals surface area contributed by atoms with Crippen molar-refractivity contribution in [3.05, 3.63) is 0 Å². The third kappa shape index (κ3) is 5.05. The Labute approximate surface area is 119 Å². The van der Waals surface area contributed by atoms with Crippen LogP contribution < -0.4 is 5.32 Å². The second-order valence-corrected chi connectivity index (χ2v) is 6.94. The Bertz CT molecular complexity index is 248. The van der Waals surface area contributed by atoms with Gasteiger partial charge in [0, 0.05) is 12.6 Å². The summed E-state index contributed by atoms with van der Waals surface area (Å²) in [5.41, 5.74) is 0. The molecule has 2 atom stereocenters. The van der Waals surface area contributed by atoms with Crippen molar-refractivity contribution < 1.29 is 0 Å². The maximum atomic E-state index is 3.79. The van der Waals surface area contributed by atoms with Gasteiger partial charge in [0.1, 0.15) is 0 Å². The molecule has 0 aromatic rings. The Morgan fingerprint density at radius 2 is 1.79 bits per heavy atom. The van der Waals surface area contributed by atoms with Crippen LogP contribution in [0.2, 0.25) is 0 Å². The van der Waals surface area contributed by atoms with Gasteiger partial charge in [-0.25, -0.2) is 0 Å². The average molecular weight is 267 g/mol. The van der Waals surface area contributed by atoms with Gasteiger partial charge in [0.2, 0.25) is 0 Å². The van der Waals surface area contributed by atoms with E-state index in [1.165, 1.54) is 64.8 Å². The first kappa shape index (κ1) is 15.3. The zero-order valence-corrected chi connectivity index (χ0v) is 13.2. The molecule has 2 heterocycles. The van der Waals surface area contributed by atoms with E-state index in [-0.39, 0.29) is 0 Å². The van der Waals surface area contributed by atoms with Crippen molar-refractivity contribution in [2.75, 3.05) is 46.8 Å². The minimum atomic E-state index is 0.689. The third-order valence-corrected chi connectivity index (χ3v) is 5.23. The van der Waals surface area contributed by atoms with Crippen LogP contribution in [0.3, 0.4) is 0 Å². The lowest BCUT2D eigenvalue weighted by Gasteiger charge is -2.34. The lowest BCUT2D eigenvalue weighted by Crippen LogP contribution is -2.43. The van der Waals surface area contributed by atoms with E-state index in [0.717, 1.165) is 11.8 Å². The van der Waals surface area contributed by atoms with Crippen LogP contribution in [0.25, 0.3) is 0 Å². The van der Waals surface area contributed by atoms with Gasteiger partial charge in [0.15, 0.2) is 0 Å². The second kappa shape index (κ2) is 7.61. The molecule has 2 rings (SSSR count). The van der Waals surface area contributed by atoms with E-state index in [4.69, 9.17) is 0 Å². The predicted octanol–water partition coefficient (Wildman–Crippen LogP) is 2.04. The molecular weight excluding hydrogens is 234 g/mol. The molecule has 2 fully saturated rings. The van der Waals surface area contributed by atoms with Crippen molar-refractivity contribution in [3.8, 4) is 0 Å². The summed E-state index contributed by atoms with van der Waals surface area (Å²) < 4.78 is 0. The monoisotopic (exact) mass is 267 g/mol. The standard InChI is InChI=1S/C16H33N3/c1-14(16-5-4-10-19(3)13-16)17-9-6-15-7-11-18(2)12-8-15/h14-17H,4-13H2,1-3H3. The molecule has 0 spiro atoms. The molecule has 2 aliphatic rings. The largest absolute Gasteiger partial charge is 0.314 e. The molecule has 19 heavy (non-hydrogen) atoms. The van der Waals surface area contributed by atoms with Crippen LogP contribution in [-0.4, -0.2) is 62.7 Å². The molecule has 0 bridgehead atoms. The summed E-state index contributed by atoms with van der Waals surface area (Å²) in [4.78, 5) is 4.95. The van der Waals surface area contributed by atoms with E-state index in [1.807, 2.05) is 0 Å². The molecule has 0 amide bonds. The molecule has 2 saturated heterocycles. The van der Waals surface area contributed by atoms with Gasteiger partial charge in [-0.1, -0.05) is 0 Å². The maximum Gasteiger partial charge on any atom is 0.00792 e. The van der Waals surface area contributed by atoms with Crippen molar-refractivity contribution in [2.45, 2.75) is 45.1 Å². The smallest absolute Gasteiger partial charge is 0.00792 e. The predicted molar refractivity (Wildman–Crippen MR) is 82.5 cm³/mol. The summed E-state index contributed by atoms with van der Waals surface area (Å²) in [5.74, 6) is 1.82. The Morgan fingerprint density at radius 1 is 1.05 bits per heavy atom. The van der Waals surface area contributed by atoms with E-state index in [0.29, 0.717) is 6.04 Å². The second-order valence-electron chi connectivity index (χ2n) is 6.94. The lowest BCUT2D eigenvalue weighted by atomic mass is 9.91. The van der Waals surface area contributed by atoms with Gasteiger partial charge >= 0.3 is 0 Å². The third-order valence-electron chi connectivity index (χ3n) is 5.23. The Hall–Kier alpha value is -0.120. The molecule has 0 aromatic heterocycles. The zero-order chi connectivity index (χ0) is 13.7. The Balaban J connectivity index is 1.59. The van der Waals surface area contributed by atoms with Gasteiger partial charge in [-0.05, 0) is 91.1 Å². The van der Waals surface area contributed by atoms with Crippen LogP contribution in [0.1, 0.15) is 39.0 Å². The minimum absolute atomic E-state index is 0.689. The van der Waals surface area contributed by atoms with Crippen LogP contribution in [-0.2, 0) is 0 Å². The molecule has 3 nitrogen and oxygen atoms in total. The SMILES string of the molecule is CC(NCCC1CCN(C)CC1)C1CCCN(C)C1. The highest BCUT2D eigenvalue weighted by molar-refractivity contribution is 4.79. The van der Waals surface area contributed by atoms with Crippen LogP contribution in [0.5, 0.6) is 0 Å². The van der Waals surface area contributed by atoms with Crippen molar-refractivity contribution in [1.82, 2.24) is 15.1 Å². The van der Waals surface area contributed by atoms with Crippen molar-refractivity contribution in [3.63, 3.8) is 0 Å². The first-order chi connectivity index (χ1) is 9.15. The number of hydrogen-bond donors (Lipinski definition) is 1. The Kier molecular flexibility index (Phi) is 6.11. The van der Waals surface area contributed by atoms with E-state index in [1.54, 1.807) is 0 Å². The summed E-state index contributed by atoms with van der Waals surface area (Å²) in [6.45, 7) is 8.77.